The molecule has 0 aromatic heterocycles. The fraction of sp³-hybridized carbons (Fsp3) is 0.486. The Hall–Kier alpha value is -1.32. The van der Waals surface area contributed by atoms with E-state index in [0.717, 1.165) is 24.9 Å². The third kappa shape index (κ3) is 28.2. The molecule has 0 atom stereocenters. The van der Waals surface area contributed by atoms with E-state index < -0.39 is 41.7 Å². The van der Waals surface area contributed by atoms with Crippen LogP contribution in [0.1, 0.15) is 264 Å². The van der Waals surface area contributed by atoms with Gasteiger partial charge in [-0.05, 0) is 47.3 Å². The summed E-state index contributed by atoms with van der Waals surface area (Å²) in [4.78, 5) is 0. The minimum absolute atomic E-state index is 0.600. The Labute approximate surface area is 548 Å². The fourth-order valence-electron chi connectivity index (χ4n) is 9.69. The zero-order valence-electron chi connectivity index (χ0n) is 55.0. The monoisotopic (exact) mass is 1370 g/mol. The predicted molar refractivity (Wildman–Crippen MR) is 375 cm³/mol. The van der Waals surface area contributed by atoms with Crippen LogP contribution in [0.15, 0.2) is 97.1 Å². The van der Waals surface area contributed by atoms with E-state index in [9.17, 15) is 0 Å². The zero-order valence-corrected chi connectivity index (χ0v) is 65.0. The number of hydrogen-bond donors (Lipinski definition) is 0. The Morgan fingerprint density at radius 2 is 0.500 bits per heavy atom. The first kappa shape index (κ1) is 80.7. The van der Waals surface area contributed by atoms with E-state index in [0.29, 0.717) is 47.3 Å². The van der Waals surface area contributed by atoms with Gasteiger partial charge >= 0.3 is 75.7 Å². The van der Waals surface area contributed by atoms with Crippen LogP contribution in [0.2, 0.25) is 12.1 Å². The Morgan fingerprint density at radius 3 is 0.622 bits per heavy atom. The van der Waals surface area contributed by atoms with Crippen molar-refractivity contribution < 1.29 is 41.7 Å². The minimum atomic E-state index is -0.826. The number of halogens is 4. The Kier molecular flexibility index (Phi) is 42.6. The van der Waals surface area contributed by atoms with E-state index in [1.54, 1.807) is 0 Å². The summed E-state index contributed by atoms with van der Waals surface area (Å²) in [5, 5.41) is 11.4. The van der Waals surface area contributed by atoms with Crippen molar-refractivity contribution in [2.75, 3.05) is 0 Å². The predicted octanol–water partition coefficient (Wildman–Crippen LogP) is 26.6. The zero-order chi connectivity index (χ0) is 63.1. The van der Waals surface area contributed by atoms with Gasteiger partial charge in [0.1, 0.15) is 0 Å². The van der Waals surface area contributed by atoms with Gasteiger partial charge in [-0.15, -0.1) is 114 Å². The van der Waals surface area contributed by atoms with Crippen molar-refractivity contribution in [2.24, 2.45) is 0 Å². The molecule has 6 radical (unpaired) electrons. The van der Waals surface area contributed by atoms with Crippen LogP contribution in [0.25, 0.3) is 43.1 Å². The molecule has 0 aliphatic rings. The van der Waals surface area contributed by atoms with Crippen molar-refractivity contribution in [1.29, 1.82) is 0 Å². The van der Waals surface area contributed by atoms with Gasteiger partial charge in [0.15, 0.2) is 0 Å². The molecule has 0 saturated heterocycles. The Bertz CT molecular complexity index is 2560. The van der Waals surface area contributed by atoms with Crippen molar-refractivity contribution in [3.05, 3.63) is 178 Å². The molecule has 0 aliphatic heterocycles. The van der Waals surface area contributed by atoms with E-state index in [1.165, 1.54) is 123 Å². The van der Waals surface area contributed by atoms with Gasteiger partial charge in [0.25, 0.3) is 0 Å². The van der Waals surface area contributed by atoms with E-state index in [1.807, 2.05) is 13.8 Å². The molecule has 0 aliphatic carbocycles. The summed E-state index contributed by atoms with van der Waals surface area (Å²) in [6.45, 7) is 56.5. The molecule has 0 amide bonds. The number of fused-ring (bicyclic) bond motifs is 4. The fourth-order valence-corrected chi connectivity index (χ4v) is 9.69. The molecule has 0 heterocycles. The van der Waals surface area contributed by atoms with Crippen molar-refractivity contribution >= 4 is 97.6 Å². The Balaban J connectivity index is 0.000000970. The molecule has 0 unspecified atom stereocenters. The number of aryl methyl sites for hydroxylation is 4. The number of hydrogen-bond acceptors (Lipinski definition) is 0. The molecule has 0 N–H and O–H groups in total. The van der Waals surface area contributed by atoms with Gasteiger partial charge < -0.3 is 13.8 Å². The summed E-state index contributed by atoms with van der Waals surface area (Å²) >= 11 is -1.65. The second-order valence-corrected chi connectivity index (χ2v) is 33.0. The summed E-state index contributed by atoms with van der Waals surface area (Å²) in [6.07, 6.45) is 4.61. The molecule has 8 aromatic carbocycles. The van der Waals surface area contributed by atoms with Crippen LogP contribution in [0.5, 0.6) is 0 Å². The first-order valence-electron chi connectivity index (χ1n) is 30.2. The molecule has 82 heavy (non-hydrogen) atoms. The van der Waals surface area contributed by atoms with Gasteiger partial charge in [0.05, 0.1) is 0 Å². The average Bonchev–Trinajstić information content (AvgIpc) is 4.39. The number of unbranched alkanes of at least 4 members (excludes halogenated alkanes) is 3. The molecule has 8 heteroatoms. The van der Waals surface area contributed by atoms with Gasteiger partial charge in [0, 0.05) is 20.5 Å². The molecule has 452 valence electrons. The van der Waals surface area contributed by atoms with Gasteiger partial charge in [-0.1, -0.05) is 246 Å². The topological polar surface area (TPSA) is 0 Å². The van der Waals surface area contributed by atoms with E-state index in [-0.39, 0.29) is 0 Å². The molecular formula is C74H106Cl4Si2Zr2-6. The van der Waals surface area contributed by atoms with E-state index in [4.69, 9.17) is 34.1 Å². The summed E-state index contributed by atoms with van der Waals surface area (Å²) in [6, 6.07) is 39.5. The summed E-state index contributed by atoms with van der Waals surface area (Å²) in [5.41, 5.74) is 17.3. The number of benzene rings is 4. The van der Waals surface area contributed by atoms with Crippen molar-refractivity contribution in [3.63, 3.8) is 0 Å². The van der Waals surface area contributed by atoms with Crippen LogP contribution >= 0.6 is 34.1 Å². The maximum absolute atomic E-state index is 4.93. The molecule has 8 aromatic rings. The second-order valence-electron chi connectivity index (χ2n) is 24.1. The molecular weight excluding hydrogens is 1270 g/mol. The third-order valence-electron chi connectivity index (χ3n) is 14.0. The van der Waals surface area contributed by atoms with E-state index in [2.05, 4.69) is 270 Å². The summed E-state index contributed by atoms with van der Waals surface area (Å²) in [7, 11) is 26.1. The van der Waals surface area contributed by atoms with Gasteiger partial charge in [-0.2, -0.15) is 37.1 Å². The SMILES string of the molecule is CC[Si].CC[Si].Cc1cc2c(C(C)C)cc(C(C)C)cc2[cH-]1.Cc1cc2c(C(C)C)cc(C(C)C)cc2[cH-]1.Cc1cc2c(C(C)C)cc(C(C)C)cc2[cH-]1.Cc1cc2c(C(C)C)cc(C(C)C)cc2[cH-]1.[CH2-]CCCC[CH2-].[Cl][Zr][Cl].[Cl][Zr][Cl]. The molecule has 0 nitrogen and oxygen atoms in total. The van der Waals surface area contributed by atoms with Gasteiger partial charge in [-0.3, -0.25) is 0 Å². The van der Waals surface area contributed by atoms with Gasteiger partial charge in [-0.25, -0.2) is 0 Å². The summed E-state index contributed by atoms with van der Waals surface area (Å²) in [5.74, 6) is 4.83. The van der Waals surface area contributed by atoms with Crippen LogP contribution in [0, 0.1) is 41.5 Å². The van der Waals surface area contributed by atoms with Gasteiger partial charge in [0.2, 0.25) is 0 Å². The second kappa shape index (κ2) is 43.3. The van der Waals surface area contributed by atoms with Crippen molar-refractivity contribution in [1.82, 2.24) is 0 Å². The van der Waals surface area contributed by atoms with Crippen LogP contribution in [-0.2, 0) is 41.7 Å². The first-order chi connectivity index (χ1) is 38.5. The third-order valence-corrected chi connectivity index (χ3v) is 14.0. The van der Waals surface area contributed by atoms with Crippen LogP contribution in [-0.4, -0.2) is 20.5 Å². The van der Waals surface area contributed by atoms with Crippen LogP contribution in [0.3, 0.4) is 0 Å². The molecule has 0 spiro atoms. The number of rotatable bonds is 11. The normalized spacial score (nSPS) is 10.8. The molecule has 0 fully saturated rings. The molecule has 0 saturated carbocycles. The van der Waals surface area contributed by atoms with Crippen LogP contribution < -0.4 is 0 Å². The standard InChI is InChI=1S/4C16H21.C6H12.2C2H5Si.4ClH.2Zr/c4*1-10(2)13-8-14-6-12(5)7-16(14)15(9-13)11(3)4;1-3-5-6-4-2;2*1-2-3;;;;;;/h4*6-11H,1-5H3;1-6H2;2*2H2,1H3;4*1H;;/q4*-1;-2;;;;;;;2*+2/p-4. The quantitative estimate of drug-likeness (QED) is 0.0688. The van der Waals surface area contributed by atoms with E-state index >= 15 is 0 Å². The van der Waals surface area contributed by atoms with Crippen molar-refractivity contribution in [2.45, 2.75) is 237 Å². The Morgan fingerprint density at radius 1 is 0.341 bits per heavy atom. The van der Waals surface area contributed by atoms with Crippen LogP contribution in [0.4, 0.5) is 0 Å². The van der Waals surface area contributed by atoms with Crippen molar-refractivity contribution in [3.8, 4) is 0 Å². The summed E-state index contributed by atoms with van der Waals surface area (Å²) < 4.78 is 0. The molecule has 0 bridgehead atoms. The maximum atomic E-state index is 4.93. The average molecular weight is 1380 g/mol. The first-order valence-corrected chi connectivity index (χ1v) is 44.2. The molecule has 8 rings (SSSR count).